The van der Waals surface area contributed by atoms with Gasteiger partial charge in [-0.05, 0) is 97.7 Å². The van der Waals surface area contributed by atoms with Crippen LogP contribution >= 0.6 is 7.82 Å². The third-order valence-electron chi connectivity index (χ3n) is 13.1. The number of ether oxygens (including phenoxy) is 5. The summed E-state index contributed by atoms with van der Waals surface area (Å²) in [7, 11) is -3.16. The van der Waals surface area contributed by atoms with Gasteiger partial charge >= 0.3 is 6.09 Å². The molecule has 0 aliphatic heterocycles. The number of phosphoric ester groups is 1. The first-order chi connectivity index (χ1) is 24.9. The number of hydrogen-bond acceptors (Lipinski definition) is 10. The largest absolute Gasteiger partial charge is 0.756 e. The second-order valence-electron chi connectivity index (χ2n) is 16.8. The topological polar surface area (TPSA) is 134 Å². The van der Waals surface area contributed by atoms with Crippen LogP contribution in [0.2, 0.25) is 0 Å². The van der Waals surface area contributed by atoms with Crippen molar-refractivity contribution in [3.63, 3.8) is 0 Å². The molecule has 4 aliphatic carbocycles. The molecule has 1 unspecified atom stereocenters. The molecule has 0 radical (unpaired) electrons. The molecule has 4 aliphatic rings. The quantitative estimate of drug-likeness (QED) is 0.0593. The lowest BCUT2D eigenvalue weighted by Crippen LogP contribution is -2.51. The Morgan fingerprint density at radius 2 is 1.52 bits per heavy atom. The van der Waals surface area contributed by atoms with Gasteiger partial charge in [-0.2, -0.15) is 0 Å². The molecule has 0 aromatic rings. The van der Waals surface area contributed by atoms with E-state index >= 15 is 0 Å². The second kappa shape index (κ2) is 21.3. The van der Waals surface area contributed by atoms with E-state index in [-0.39, 0.29) is 30.8 Å². The van der Waals surface area contributed by atoms with Crippen LogP contribution in [0.3, 0.4) is 0 Å². The lowest BCUT2D eigenvalue weighted by atomic mass is 9.47. The van der Waals surface area contributed by atoms with Crippen molar-refractivity contribution in [2.75, 3.05) is 73.1 Å². The molecule has 1 amide bonds. The highest BCUT2D eigenvalue weighted by Crippen LogP contribution is 2.67. The summed E-state index contributed by atoms with van der Waals surface area (Å²) < 4.78 is 47.4. The van der Waals surface area contributed by atoms with Crippen molar-refractivity contribution in [3.8, 4) is 0 Å². The summed E-state index contributed by atoms with van der Waals surface area (Å²) >= 11 is 0. The molecule has 3 fully saturated rings. The predicted molar refractivity (Wildman–Crippen MR) is 200 cm³/mol. The maximum Gasteiger partial charge on any atom is 0.407 e. The number of carbonyl (C=O) groups is 1. The Labute approximate surface area is 314 Å². The minimum atomic E-state index is -4.20. The van der Waals surface area contributed by atoms with E-state index in [0.29, 0.717) is 64.6 Å². The molecule has 52 heavy (non-hydrogen) atoms. The number of carbonyl (C=O) groups excluding carboxylic acids is 1. The summed E-state index contributed by atoms with van der Waals surface area (Å²) in [6, 6.07) is 0. The average Bonchev–Trinajstić information content (AvgIpc) is 3.47. The molecule has 1 N–H and O–H groups in total. The molecule has 9 atom stereocenters. The van der Waals surface area contributed by atoms with Gasteiger partial charge in [0.15, 0.2) is 0 Å². The van der Waals surface area contributed by atoms with E-state index in [4.69, 9.17) is 23.7 Å². The van der Waals surface area contributed by atoms with E-state index < -0.39 is 7.82 Å². The molecule has 0 bridgehead atoms. The number of nitrogens with one attached hydrogen (secondary N) is 1. The smallest absolute Gasteiger partial charge is 0.407 e. The lowest BCUT2D eigenvalue weighted by Gasteiger charge is -2.58. The second-order valence-corrected chi connectivity index (χ2v) is 18.3. The third-order valence-corrected chi connectivity index (χ3v) is 14.0. The average molecular weight is 757 g/mol. The minimum absolute atomic E-state index is 0.0423. The van der Waals surface area contributed by atoms with Gasteiger partial charge in [-0.25, -0.2) is 4.79 Å². The Morgan fingerprint density at radius 1 is 0.865 bits per heavy atom. The first-order valence-electron chi connectivity index (χ1n) is 20.4. The fourth-order valence-corrected chi connectivity index (χ4v) is 10.7. The number of amides is 1. The Hall–Kier alpha value is -1.04. The fourth-order valence-electron chi connectivity index (χ4n) is 10.3. The molecule has 3 saturated carbocycles. The highest BCUT2D eigenvalue weighted by Gasteiger charge is 2.59. The van der Waals surface area contributed by atoms with Gasteiger partial charge in [-0.1, -0.05) is 65.5 Å². The molecule has 0 aromatic heterocycles. The Bertz CT molecular complexity index is 1150. The number of alkyl carbamates (subject to hydrolysis) is 1. The summed E-state index contributed by atoms with van der Waals surface area (Å²) in [5.74, 6) is 4.97. The lowest BCUT2D eigenvalue weighted by molar-refractivity contribution is -0.223. The van der Waals surface area contributed by atoms with Crippen molar-refractivity contribution in [2.24, 2.45) is 46.3 Å². The molecular weight excluding hydrogens is 685 g/mol. The van der Waals surface area contributed by atoms with Gasteiger partial charge in [0.2, 0.25) is 0 Å². The van der Waals surface area contributed by atoms with E-state index in [0.717, 1.165) is 61.9 Å². The standard InChI is InChI=1S/C40H72NO10P/c1-30(2)9-7-10-31(3)35-13-14-36-34-12-11-32-29-33(15-17-39(32,4)37(34)16-18-40(35,36)5)51-38(42)41-19-8-20-46-21-22-47-23-24-48-25-26-49-27-28-50-52(43,44)45-6/h11,30-31,33-37H,7-10,12-29H2,1-6H3,(H,41,42)(H,43,44)/p-1/t31-,33+,34+,35-,36+,37+,39+,40-/m1/s1. The first-order valence-corrected chi connectivity index (χ1v) is 21.8. The van der Waals surface area contributed by atoms with Crippen LogP contribution < -0.4 is 10.2 Å². The third kappa shape index (κ3) is 12.5. The SMILES string of the molecule is COP(=O)([O-])OCCOCCOCCOCCOCCCNC(=O)O[C@H]1CC[C@@]2(C)C(=CC[C@H]3[C@@H]4CC[C@H]([C@H](C)CCCC(C)C)[C@@]4(C)CC[C@@H]32)C1. The van der Waals surface area contributed by atoms with E-state index in [2.05, 4.69) is 55.1 Å². The van der Waals surface area contributed by atoms with Crippen molar-refractivity contribution >= 4 is 13.9 Å². The summed E-state index contributed by atoms with van der Waals surface area (Å²) in [5, 5.41) is 2.92. The van der Waals surface area contributed by atoms with Crippen LogP contribution in [0.25, 0.3) is 0 Å². The number of fused-ring (bicyclic) bond motifs is 5. The molecule has 0 saturated heterocycles. The van der Waals surface area contributed by atoms with Crippen molar-refractivity contribution < 1.29 is 47.0 Å². The molecular formula is C40H71NO10P-. The normalized spacial score (nSPS) is 31.6. The van der Waals surface area contributed by atoms with Crippen LogP contribution in [-0.2, 0) is 37.3 Å². The highest BCUT2D eigenvalue weighted by molar-refractivity contribution is 7.45. The molecule has 4 rings (SSSR count). The van der Waals surface area contributed by atoms with Gasteiger partial charge in [0, 0.05) is 26.7 Å². The van der Waals surface area contributed by atoms with Crippen LogP contribution in [-0.4, -0.2) is 85.3 Å². The van der Waals surface area contributed by atoms with Crippen molar-refractivity contribution in [1.29, 1.82) is 0 Å². The highest BCUT2D eigenvalue weighted by atomic mass is 31.2. The van der Waals surface area contributed by atoms with Crippen LogP contribution in [0.5, 0.6) is 0 Å². The molecule has 11 nitrogen and oxygen atoms in total. The zero-order chi connectivity index (χ0) is 37.6. The number of rotatable bonds is 24. The van der Waals surface area contributed by atoms with Crippen molar-refractivity contribution in [2.45, 2.75) is 118 Å². The first kappa shape index (κ1) is 43.7. The number of hydrogen-bond donors (Lipinski definition) is 1. The summed E-state index contributed by atoms with van der Waals surface area (Å²) in [5.41, 5.74) is 2.31. The van der Waals surface area contributed by atoms with Crippen LogP contribution in [0.4, 0.5) is 4.79 Å². The maximum absolute atomic E-state index is 12.7. The molecule has 0 heterocycles. The number of allylic oxidation sites excluding steroid dienone is 1. The Morgan fingerprint density at radius 3 is 2.17 bits per heavy atom. The molecule has 0 aromatic carbocycles. The number of phosphoric acid groups is 1. The molecule has 12 heteroatoms. The van der Waals surface area contributed by atoms with Crippen molar-refractivity contribution in [3.05, 3.63) is 11.6 Å². The monoisotopic (exact) mass is 756 g/mol. The van der Waals surface area contributed by atoms with Gasteiger partial charge in [-0.15, -0.1) is 0 Å². The Balaban J connectivity index is 1.03. The van der Waals surface area contributed by atoms with Gasteiger partial charge in [0.25, 0.3) is 7.82 Å². The Kier molecular flexibility index (Phi) is 17.9. The zero-order valence-electron chi connectivity index (χ0n) is 33.2. The summed E-state index contributed by atoms with van der Waals surface area (Å²) in [6.45, 7) is 16.0. The zero-order valence-corrected chi connectivity index (χ0v) is 34.1. The van der Waals surface area contributed by atoms with Crippen molar-refractivity contribution in [1.82, 2.24) is 5.32 Å². The van der Waals surface area contributed by atoms with E-state index in [1.165, 1.54) is 51.4 Å². The molecule has 0 spiro atoms. The van der Waals surface area contributed by atoms with E-state index in [1.807, 2.05) is 0 Å². The summed E-state index contributed by atoms with van der Waals surface area (Å²) in [4.78, 5) is 23.7. The van der Waals surface area contributed by atoms with Gasteiger partial charge in [0.1, 0.15) is 6.10 Å². The van der Waals surface area contributed by atoms with Crippen LogP contribution in [0.15, 0.2) is 11.6 Å². The maximum atomic E-state index is 12.7. The van der Waals surface area contributed by atoms with Gasteiger partial charge in [0.05, 0.1) is 52.9 Å². The van der Waals surface area contributed by atoms with Crippen LogP contribution in [0, 0.1) is 46.3 Å². The van der Waals surface area contributed by atoms with E-state index in [9.17, 15) is 14.3 Å². The van der Waals surface area contributed by atoms with Crippen LogP contribution in [0.1, 0.15) is 112 Å². The molecule has 302 valence electrons. The van der Waals surface area contributed by atoms with Gasteiger partial charge in [-0.3, -0.25) is 4.57 Å². The van der Waals surface area contributed by atoms with Gasteiger partial charge < -0.3 is 42.9 Å². The summed E-state index contributed by atoms with van der Waals surface area (Å²) in [6.07, 6.45) is 16.8. The predicted octanol–water partition coefficient (Wildman–Crippen LogP) is 7.71. The van der Waals surface area contributed by atoms with E-state index in [1.54, 1.807) is 5.57 Å². The fraction of sp³-hybridized carbons (Fsp3) is 0.925. The minimum Gasteiger partial charge on any atom is -0.756 e.